The van der Waals surface area contributed by atoms with Crippen LogP contribution in [0.3, 0.4) is 0 Å². The first-order valence-corrected chi connectivity index (χ1v) is 3.41. The van der Waals surface area contributed by atoms with E-state index in [1.54, 1.807) is 0 Å². The van der Waals surface area contributed by atoms with Gasteiger partial charge < -0.3 is 25.5 Å². The van der Waals surface area contributed by atoms with Crippen LogP contribution in [0.15, 0.2) is 0 Å². The van der Waals surface area contributed by atoms with Gasteiger partial charge in [-0.2, -0.15) is 0 Å². The summed E-state index contributed by atoms with van der Waals surface area (Å²) in [5, 5.41) is 44.5. The molecule has 1 unspecified atom stereocenters. The minimum atomic E-state index is -3.27. The lowest BCUT2D eigenvalue weighted by atomic mass is 9.85. The first kappa shape index (κ1) is 9.56. The van der Waals surface area contributed by atoms with Crippen LogP contribution in [-0.4, -0.2) is 49.0 Å². The first-order chi connectivity index (χ1) is 5.30. The molecule has 0 amide bonds. The molecule has 0 heterocycles. The second-order valence-corrected chi connectivity index (χ2v) is 2.88. The number of carbonyl (C=O) groups excluding carboxylic acids is 1. The zero-order valence-corrected chi connectivity index (χ0v) is 6.14. The highest BCUT2D eigenvalue weighted by molar-refractivity contribution is 5.87. The van der Waals surface area contributed by atoms with Crippen LogP contribution >= 0.6 is 0 Å². The Hall–Kier alpha value is -0.530. The lowest BCUT2D eigenvalue weighted by molar-refractivity contribution is -0.372. The zero-order valence-electron chi connectivity index (χ0n) is 6.14. The third-order valence-electron chi connectivity index (χ3n) is 2.01. The summed E-state index contributed by atoms with van der Waals surface area (Å²) >= 11 is 0. The highest BCUT2D eigenvalue weighted by Gasteiger charge is 2.60. The van der Waals surface area contributed by atoms with Gasteiger partial charge in [-0.25, -0.2) is 0 Å². The van der Waals surface area contributed by atoms with Gasteiger partial charge in [0, 0.05) is 6.42 Å². The Kier molecular flexibility index (Phi) is 1.97. The topological polar surface area (TPSA) is 118 Å². The molecule has 1 fully saturated rings. The molecule has 0 saturated heterocycles. The van der Waals surface area contributed by atoms with Gasteiger partial charge in [-0.1, -0.05) is 0 Å². The van der Waals surface area contributed by atoms with Gasteiger partial charge in [0.05, 0.1) is 0 Å². The SMILES string of the molecule is O=C1CCC(O)C(O)(O)C1(O)O. The molecule has 1 atom stereocenters. The number of aliphatic hydroxyl groups excluding tert-OH is 1. The van der Waals surface area contributed by atoms with Crippen molar-refractivity contribution in [1.82, 2.24) is 0 Å². The summed E-state index contributed by atoms with van der Waals surface area (Å²) in [4.78, 5) is 10.7. The van der Waals surface area contributed by atoms with Crippen LogP contribution in [-0.2, 0) is 4.79 Å². The van der Waals surface area contributed by atoms with Crippen LogP contribution in [0.2, 0.25) is 0 Å². The van der Waals surface area contributed by atoms with Crippen molar-refractivity contribution in [2.24, 2.45) is 0 Å². The predicted molar refractivity (Wildman–Crippen MR) is 34.6 cm³/mol. The van der Waals surface area contributed by atoms with Crippen molar-refractivity contribution >= 4 is 5.78 Å². The molecule has 12 heavy (non-hydrogen) atoms. The number of hydrogen-bond acceptors (Lipinski definition) is 6. The minimum Gasteiger partial charge on any atom is -0.387 e. The molecule has 0 aromatic rings. The van der Waals surface area contributed by atoms with Gasteiger partial charge in [0.2, 0.25) is 0 Å². The highest BCUT2D eigenvalue weighted by atomic mass is 16.6. The molecule has 0 aromatic carbocycles. The quantitative estimate of drug-likeness (QED) is 0.253. The van der Waals surface area contributed by atoms with Crippen LogP contribution in [0, 0.1) is 0 Å². The summed E-state index contributed by atoms with van der Waals surface area (Å²) in [5.41, 5.74) is 0. The van der Waals surface area contributed by atoms with Crippen LogP contribution in [0.25, 0.3) is 0 Å². The fourth-order valence-electron chi connectivity index (χ4n) is 1.08. The number of aliphatic hydroxyl groups is 5. The molecule has 6 nitrogen and oxygen atoms in total. The maximum absolute atomic E-state index is 10.7. The van der Waals surface area contributed by atoms with Gasteiger partial charge in [-0.3, -0.25) is 4.79 Å². The van der Waals surface area contributed by atoms with Crippen LogP contribution in [0.5, 0.6) is 0 Å². The highest BCUT2D eigenvalue weighted by Crippen LogP contribution is 2.31. The molecule has 0 radical (unpaired) electrons. The molecular weight excluding hydrogens is 168 g/mol. The summed E-state index contributed by atoms with van der Waals surface area (Å²) < 4.78 is 0. The maximum atomic E-state index is 10.7. The normalized spacial score (nSPS) is 33.4. The molecule has 0 bridgehead atoms. The molecule has 70 valence electrons. The molecular formula is C6H10O6. The van der Waals surface area contributed by atoms with Crippen molar-refractivity contribution in [2.75, 3.05) is 0 Å². The second-order valence-electron chi connectivity index (χ2n) is 2.88. The van der Waals surface area contributed by atoms with Gasteiger partial charge in [-0.15, -0.1) is 0 Å². The fourth-order valence-corrected chi connectivity index (χ4v) is 1.08. The number of ketones is 1. The summed E-state index contributed by atoms with van der Waals surface area (Å²) in [6, 6.07) is 0. The standard InChI is InChI=1S/C6H10O6/c7-3-1-2-4(8)6(11,12)5(3,9)10/h3,7,9-12H,1-2H2. The third-order valence-corrected chi connectivity index (χ3v) is 2.01. The zero-order chi connectivity index (χ0) is 9.57. The smallest absolute Gasteiger partial charge is 0.282 e. The van der Waals surface area contributed by atoms with Crippen molar-refractivity contribution in [3.63, 3.8) is 0 Å². The fraction of sp³-hybridized carbons (Fsp3) is 0.833. The average Bonchev–Trinajstić information content (AvgIpc) is 1.96. The van der Waals surface area contributed by atoms with Crippen LogP contribution in [0.4, 0.5) is 0 Å². The van der Waals surface area contributed by atoms with Crippen LogP contribution < -0.4 is 0 Å². The maximum Gasteiger partial charge on any atom is 0.282 e. The van der Waals surface area contributed by atoms with E-state index in [0.29, 0.717) is 0 Å². The lowest BCUT2D eigenvalue weighted by Gasteiger charge is -2.40. The Morgan fingerprint density at radius 3 is 2.17 bits per heavy atom. The molecule has 1 aliphatic carbocycles. The van der Waals surface area contributed by atoms with E-state index >= 15 is 0 Å². The van der Waals surface area contributed by atoms with Gasteiger partial charge in [-0.05, 0) is 6.42 Å². The van der Waals surface area contributed by atoms with Crippen molar-refractivity contribution in [3.8, 4) is 0 Å². The molecule has 1 rings (SSSR count). The predicted octanol–water partition coefficient (Wildman–Crippen LogP) is -2.93. The first-order valence-electron chi connectivity index (χ1n) is 3.41. The molecule has 5 N–H and O–H groups in total. The number of Topliss-reactive ketones (excluding diaryl/α,β-unsaturated/α-hetero) is 1. The van der Waals surface area contributed by atoms with Crippen molar-refractivity contribution in [1.29, 1.82) is 0 Å². The minimum absolute atomic E-state index is 0.200. The molecule has 1 aliphatic rings. The Morgan fingerprint density at radius 2 is 1.75 bits per heavy atom. The third kappa shape index (κ3) is 1.05. The summed E-state index contributed by atoms with van der Waals surface area (Å²) in [5.74, 6) is -7.56. The number of rotatable bonds is 0. The van der Waals surface area contributed by atoms with Gasteiger partial charge in [0.1, 0.15) is 6.10 Å². The Balaban J connectivity index is 3.00. The van der Waals surface area contributed by atoms with E-state index in [4.69, 9.17) is 25.5 Å². The van der Waals surface area contributed by atoms with Crippen molar-refractivity contribution in [3.05, 3.63) is 0 Å². The molecule has 0 aromatic heterocycles. The Morgan fingerprint density at radius 1 is 1.25 bits per heavy atom. The van der Waals surface area contributed by atoms with Gasteiger partial charge in [0.15, 0.2) is 5.78 Å². The molecule has 0 spiro atoms. The largest absolute Gasteiger partial charge is 0.387 e. The monoisotopic (exact) mass is 178 g/mol. The van der Waals surface area contributed by atoms with E-state index in [1.807, 2.05) is 0 Å². The van der Waals surface area contributed by atoms with E-state index in [1.165, 1.54) is 0 Å². The van der Waals surface area contributed by atoms with E-state index in [9.17, 15) is 4.79 Å². The lowest BCUT2D eigenvalue weighted by Crippen LogP contribution is -2.68. The average molecular weight is 178 g/mol. The Bertz CT molecular complexity index is 208. The van der Waals surface area contributed by atoms with E-state index in [2.05, 4.69) is 0 Å². The molecule has 6 heteroatoms. The Labute approximate surface area is 67.7 Å². The second kappa shape index (κ2) is 2.48. The number of carbonyl (C=O) groups is 1. The summed E-state index contributed by atoms with van der Waals surface area (Å²) in [7, 11) is 0. The van der Waals surface area contributed by atoms with E-state index in [0.717, 1.165) is 0 Å². The van der Waals surface area contributed by atoms with E-state index in [-0.39, 0.29) is 12.8 Å². The number of hydrogen-bond donors (Lipinski definition) is 5. The molecule has 0 aliphatic heterocycles. The molecule has 1 saturated carbocycles. The summed E-state index contributed by atoms with van der Waals surface area (Å²) in [6.45, 7) is 0. The van der Waals surface area contributed by atoms with Crippen molar-refractivity contribution in [2.45, 2.75) is 30.5 Å². The summed E-state index contributed by atoms with van der Waals surface area (Å²) in [6.07, 6.45) is -2.23. The van der Waals surface area contributed by atoms with Gasteiger partial charge >= 0.3 is 0 Å². The van der Waals surface area contributed by atoms with Gasteiger partial charge in [0.25, 0.3) is 11.6 Å². The van der Waals surface area contributed by atoms with Crippen molar-refractivity contribution < 1.29 is 30.3 Å². The van der Waals surface area contributed by atoms with Crippen LogP contribution in [0.1, 0.15) is 12.8 Å². The van der Waals surface area contributed by atoms with E-state index < -0.39 is 23.5 Å².